The number of carbonyl (C=O) groups excluding carboxylic acids is 1. The first kappa shape index (κ1) is 19.8. The zero-order valence-corrected chi connectivity index (χ0v) is 15.8. The summed E-state index contributed by atoms with van der Waals surface area (Å²) in [4.78, 5) is 23.2. The van der Waals surface area contributed by atoms with E-state index < -0.39 is 17.7 Å². The van der Waals surface area contributed by atoms with Crippen LogP contribution in [-0.4, -0.2) is 36.5 Å². The van der Waals surface area contributed by atoms with Gasteiger partial charge in [0.2, 0.25) is 0 Å². The van der Waals surface area contributed by atoms with Crippen molar-refractivity contribution in [1.29, 1.82) is 0 Å². The molecule has 0 aliphatic carbocycles. The summed E-state index contributed by atoms with van der Waals surface area (Å²) in [6, 6.07) is 5.79. The number of aromatic nitrogens is 4. The molecule has 2 heterocycles. The van der Waals surface area contributed by atoms with Gasteiger partial charge in [-0.25, -0.2) is 4.39 Å². The molecular formula is C17H14Cl2FN5O3. The van der Waals surface area contributed by atoms with Gasteiger partial charge < -0.3 is 10.4 Å². The number of halogens is 3. The molecule has 0 fully saturated rings. The lowest BCUT2D eigenvalue weighted by molar-refractivity contribution is -0.137. The maximum absolute atomic E-state index is 13.9. The van der Waals surface area contributed by atoms with Gasteiger partial charge in [-0.1, -0.05) is 29.3 Å². The molecule has 8 nitrogen and oxygen atoms in total. The van der Waals surface area contributed by atoms with E-state index >= 15 is 0 Å². The zero-order chi connectivity index (χ0) is 20.3. The third-order valence-electron chi connectivity index (χ3n) is 3.82. The van der Waals surface area contributed by atoms with Gasteiger partial charge in [0.15, 0.2) is 5.82 Å². The predicted octanol–water partition coefficient (Wildman–Crippen LogP) is 3.30. The van der Waals surface area contributed by atoms with Crippen molar-refractivity contribution in [3.63, 3.8) is 0 Å². The molecule has 3 rings (SSSR count). The molecule has 0 bridgehead atoms. The first-order valence-electron chi connectivity index (χ1n) is 8.06. The summed E-state index contributed by atoms with van der Waals surface area (Å²) in [6.07, 6.45) is 2.64. The van der Waals surface area contributed by atoms with Crippen LogP contribution in [-0.2, 0) is 17.9 Å². The number of amides is 1. The van der Waals surface area contributed by atoms with Crippen LogP contribution in [0, 0.1) is 5.82 Å². The predicted molar refractivity (Wildman–Crippen MR) is 100 cm³/mol. The van der Waals surface area contributed by atoms with Gasteiger partial charge in [-0.05, 0) is 18.2 Å². The van der Waals surface area contributed by atoms with Crippen molar-refractivity contribution in [2.75, 3.05) is 5.32 Å². The Morgan fingerprint density at radius 2 is 2.00 bits per heavy atom. The fourth-order valence-corrected chi connectivity index (χ4v) is 2.91. The fourth-order valence-electron chi connectivity index (χ4n) is 2.49. The van der Waals surface area contributed by atoms with Crippen LogP contribution in [0.1, 0.15) is 22.5 Å². The number of carbonyl (C=O) groups is 2. The van der Waals surface area contributed by atoms with Gasteiger partial charge in [-0.3, -0.25) is 19.0 Å². The van der Waals surface area contributed by atoms with Crippen molar-refractivity contribution in [1.82, 2.24) is 19.6 Å². The maximum Gasteiger partial charge on any atom is 0.305 e. The topological polar surface area (TPSA) is 102 Å². The van der Waals surface area contributed by atoms with Gasteiger partial charge in [0.05, 0.1) is 19.5 Å². The Kier molecular flexibility index (Phi) is 5.96. The van der Waals surface area contributed by atoms with E-state index in [0.29, 0.717) is 0 Å². The van der Waals surface area contributed by atoms with Crippen molar-refractivity contribution in [2.24, 2.45) is 0 Å². The van der Waals surface area contributed by atoms with Gasteiger partial charge in [-0.2, -0.15) is 10.2 Å². The van der Waals surface area contributed by atoms with E-state index in [1.165, 1.54) is 40.0 Å². The van der Waals surface area contributed by atoms with E-state index in [4.69, 9.17) is 28.3 Å². The Bertz CT molecular complexity index is 1010. The van der Waals surface area contributed by atoms with Crippen LogP contribution in [0.3, 0.4) is 0 Å². The second-order valence-corrected chi connectivity index (χ2v) is 6.58. The lowest BCUT2D eigenvalue weighted by Crippen LogP contribution is -2.19. The number of carboxylic acid groups (broad SMARTS) is 1. The Morgan fingerprint density at radius 3 is 2.71 bits per heavy atom. The summed E-state index contributed by atoms with van der Waals surface area (Å²) in [5.74, 6) is -1.97. The Labute approximate surface area is 168 Å². The first-order valence-corrected chi connectivity index (χ1v) is 8.81. The highest BCUT2D eigenvalue weighted by molar-refractivity contribution is 6.33. The van der Waals surface area contributed by atoms with Gasteiger partial charge >= 0.3 is 5.97 Å². The smallest absolute Gasteiger partial charge is 0.305 e. The molecule has 0 saturated carbocycles. The van der Waals surface area contributed by atoms with Crippen molar-refractivity contribution in [3.05, 3.63) is 63.8 Å². The molecule has 0 aliphatic heterocycles. The summed E-state index contributed by atoms with van der Waals surface area (Å²) in [5, 5.41) is 19.8. The monoisotopic (exact) mass is 425 g/mol. The van der Waals surface area contributed by atoms with E-state index in [1.54, 1.807) is 6.07 Å². The minimum atomic E-state index is -1.00. The molecular weight excluding hydrogens is 412 g/mol. The van der Waals surface area contributed by atoms with Crippen LogP contribution >= 0.6 is 23.2 Å². The highest BCUT2D eigenvalue weighted by atomic mass is 35.5. The van der Waals surface area contributed by atoms with Crippen LogP contribution in [0.15, 0.2) is 36.7 Å². The summed E-state index contributed by atoms with van der Waals surface area (Å²) in [6.45, 7) is 0.0662. The molecule has 2 N–H and O–H groups in total. The third-order valence-corrected chi connectivity index (χ3v) is 4.45. The largest absolute Gasteiger partial charge is 0.481 e. The van der Waals surface area contributed by atoms with Crippen LogP contribution in [0.5, 0.6) is 0 Å². The van der Waals surface area contributed by atoms with Crippen LogP contribution < -0.4 is 5.32 Å². The number of nitrogens with one attached hydrogen (secondary N) is 1. The number of hydrogen-bond acceptors (Lipinski definition) is 4. The molecule has 1 aromatic carbocycles. The second-order valence-electron chi connectivity index (χ2n) is 5.76. The average Bonchev–Trinajstić information content (AvgIpc) is 3.23. The Hall–Kier alpha value is -2.91. The van der Waals surface area contributed by atoms with E-state index in [0.717, 1.165) is 0 Å². The zero-order valence-electron chi connectivity index (χ0n) is 14.3. The molecule has 11 heteroatoms. The second kappa shape index (κ2) is 8.41. The van der Waals surface area contributed by atoms with E-state index in [9.17, 15) is 14.0 Å². The van der Waals surface area contributed by atoms with Crippen molar-refractivity contribution >= 4 is 40.9 Å². The highest BCUT2D eigenvalue weighted by Gasteiger charge is 2.17. The summed E-state index contributed by atoms with van der Waals surface area (Å²) in [7, 11) is 0. The molecule has 2 aromatic heterocycles. The molecule has 0 aliphatic rings. The van der Waals surface area contributed by atoms with Gasteiger partial charge in [0.25, 0.3) is 5.91 Å². The molecule has 0 spiro atoms. The maximum atomic E-state index is 13.9. The number of aliphatic carboxylic acids is 1. The van der Waals surface area contributed by atoms with Gasteiger partial charge in [-0.15, -0.1) is 0 Å². The number of rotatable bonds is 7. The summed E-state index contributed by atoms with van der Waals surface area (Å²) >= 11 is 12.1. The third kappa shape index (κ3) is 4.49. The molecule has 0 radical (unpaired) electrons. The lowest BCUT2D eigenvalue weighted by atomic mass is 10.2. The minimum Gasteiger partial charge on any atom is -0.481 e. The SMILES string of the molecule is O=C(O)CCn1nccc1C(=O)Nc1nn(Cc2c(F)cccc2Cl)cc1Cl. The van der Waals surface area contributed by atoms with Crippen LogP contribution in [0.25, 0.3) is 0 Å². The molecule has 146 valence electrons. The molecule has 0 unspecified atom stereocenters. The highest BCUT2D eigenvalue weighted by Crippen LogP contribution is 2.24. The molecule has 3 aromatic rings. The number of benzene rings is 1. The lowest BCUT2D eigenvalue weighted by Gasteiger charge is -2.07. The van der Waals surface area contributed by atoms with Gasteiger partial charge in [0.1, 0.15) is 16.5 Å². The Balaban J connectivity index is 1.75. The quantitative estimate of drug-likeness (QED) is 0.604. The van der Waals surface area contributed by atoms with E-state index in [-0.39, 0.29) is 46.6 Å². The Morgan fingerprint density at radius 1 is 1.21 bits per heavy atom. The summed E-state index contributed by atoms with van der Waals surface area (Å²) in [5.41, 5.74) is 0.400. The molecule has 0 saturated heterocycles. The molecule has 1 amide bonds. The number of aryl methyl sites for hydroxylation is 1. The number of anilines is 1. The number of nitrogens with zero attached hydrogens (tertiary/aromatic N) is 4. The number of hydrogen-bond donors (Lipinski definition) is 2. The van der Waals surface area contributed by atoms with Crippen LogP contribution in [0.4, 0.5) is 10.2 Å². The standard InChI is InChI=1S/C17H14Cl2FN5O3/c18-11-2-1-3-13(20)10(11)8-24-9-12(19)16(23-24)22-17(28)14-4-6-21-25(14)7-5-15(26)27/h1-4,6,9H,5,7-8H2,(H,26,27)(H,22,23,28). The van der Waals surface area contributed by atoms with Crippen LogP contribution in [0.2, 0.25) is 10.0 Å². The van der Waals surface area contributed by atoms with Gasteiger partial charge in [0, 0.05) is 23.0 Å². The van der Waals surface area contributed by atoms with Crippen molar-refractivity contribution < 1.29 is 19.1 Å². The first-order chi connectivity index (χ1) is 13.3. The summed E-state index contributed by atoms with van der Waals surface area (Å²) < 4.78 is 16.6. The van der Waals surface area contributed by atoms with E-state index in [2.05, 4.69) is 15.5 Å². The minimum absolute atomic E-state index is 0.0254. The molecule has 0 atom stereocenters. The van der Waals surface area contributed by atoms with Crippen molar-refractivity contribution in [2.45, 2.75) is 19.5 Å². The fraction of sp³-hybridized carbons (Fsp3) is 0.176. The van der Waals surface area contributed by atoms with Crippen molar-refractivity contribution in [3.8, 4) is 0 Å². The number of carboxylic acids is 1. The van der Waals surface area contributed by atoms with E-state index in [1.807, 2.05) is 0 Å². The average molecular weight is 426 g/mol. The normalized spacial score (nSPS) is 10.8. The molecule has 28 heavy (non-hydrogen) atoms.